The molecule has 0 bridgehead atoms. The van der Waals surface area contributed by atoms with Crippen molar-refractivity contribution >= 4 is 11.5 Å². The molecule has 18 heavy (non-hydrogen) atoms. The number of ether oxygens (including phenoxy) is 1. The lowest BCUT2D eigenvalue weighted by atomic mass is 9.89. The zero-order chi connectivity index (χ0) is 12.9. The second-order valence-corrected chi connectivity index (χ2v) is 5.31. The molecule has 1 saturated heterocycles. The fourth-order valence-electron chi connectivity index (χ4n) is 2.82. The highest BCUT2D eigenvalue weighted by molar-refractivity contribution is 6.27. The Morgan fingerprint density at radius 3 is 2.44 bits per heavy atom. The molecule has 1 spiro atoms. The number of Topliss-reactive ketones (excluding diaryl/α,β-unsaturated/α-hetero) is 1. The van der Waals surface area contributed by atoms with Crippen LogP contribution >= 0.6 is 0 Å². The number of nitrogens with one attached hydrogen (secondary N) is 1. The van der Waals surface area contributed by atoms with Crippen LogP contribution in [0.1, 0.15) is 33.6 Å². The highest BCUT2D eigenvalue weighted by Crippen LogP contribution is 2.35. The molecule has 0 atom stereocenters. The number of fused-ring (bicyclic) bond motifs is 1. The van der Waals surface area contributed by atoms with Gasteiger partial charge in [-0.05, 0) is 26.3 Å². The fourth-order valence-corrected chi connectivity index (χ4v) is 2.82. The van der Waals surface area contributed by atoms with Gasteiger partial charge in [-0.2, -0.15) is 0 Å². The Labute approximate surface area is 107 Å². The Morgan fingerprint density at radius 2 is 1.78 bits per heavy atom. The van der Waals surface area contributed by atoms with Crippen LogP contribution in [0.25, 0.3) is 0 Å². The van der Waals surface area contributed by atoms with Gasteiger partial charge >= 0.3 is 0 Å². The predicted octanol–water partition coefficient (Wildman–Crippen LogP) is 1.73. The maximum absolute atomic E-state index is 12.1. The predicted molar refractivity (Wildman–Crippen MR) is 69.4 cm³/mol. The SMILES string of the molecule is CC1=C(C)C2=NC3(CCOCC3)NC2=C(C)C1=O. The van der Waals surface area contributed by atoms with Gasteiger partial charge in [-0.3, -0.25) is 9.79 Å². The first-order valence-electron chi connectivity index (χ1n) is 6.44. The molecule has 1 N–H and O–H groups in total. The molecule has 3 aliphatic rings. The summed E-state index contributed by atoms with van der Waals surface area (Å²) in [4.78, 5) is 17.0. The third-order valence-electron chi connectivity index (χ3n) is 4.21. The number of ketones is 1. The minimum Gasteiger partial charge on any atom is -0.381 e. The molecule has 4 nitrogen and oxygen atoms in total. The summed E-state index contributed by atoms with van der Waals surface area (Å²) in [6, 6.07) is 0. The van der Waals surface area contributed by atoms with Crippen molar-refractivity contribution in [3.05, 3.63) is 22.4 Å². The number of aliphatic imine (C=N–C) groups is 1. The van der Waals surface area contributed by atoms with Crippen LogP contribution in [-0.2, 0) is 9.53 Å². The number of rotatable bonds is 0. The van der Waals surface area contributed by atoms with E-state index in [1.54, 1.807) is 0 Å². The number of carbonyl (C=O) groups excluding carboxylic acids is 1. The van der Waals surface area contributed by atoms with E-state index in [1.807, 2.05) is 20.8 Å². The van der Waals surface area contributed by atoms with Crippen LogP contribution in [-0.4, -0.2) is 30.4 Å². The third kappa shape index (κ3) is 1.48. The maximum Gasteiger partial charge on any atom is 0.186 e. The maximum atomic E-state index is 12.1. The van der Waals surface area contributed by atoms with Gasteiger partial charge < -0.3 is 10.1 Å². The summed E-state index contributed by atoms with van der Waals surface area (Å²) >= 11 is 0. The van der Waals surface area contributed by atoms with Crippen LogP contribution in [0.15, 0.2) is 27.4 Å². The topological polar surface area (TPSA) is 50.7 Å². The molecular weight excluding hydrogens is 228 g/mol. The largest absolute Gasteiger partial charge is 0.381 e. The van der Waals surface area contributed by atoms with Crippen LogP contribution in [0.5, 0.6) is 0 Å². The van der Waals surface area contributed by atoms with Gasteiger partial charge in [-0.25, -0.2) is 0 Å². The van der Waals surface area contributed by atoms with Gasteiger partial charge in [0, 0.05) is 24.0 Å². The van der Waals surface area contributed by atoms with Crippen molar-refractivity contribution in [1.29, 1.82) is 0 Å². The van der Waals surface area contributed by atoms with Crippen molar-refractivity contribution in [2.75, 3.05) is 13.2 Å². The second kappa shape index (κ2) is 3.79. The Kier molecular flexibility index (Phi) is 2.45. The van der Waals surface area contributed by atoms with E-state index in [0.29, 0.717) is 0 Å². The van der Waals surface area contributed by atoms with E-state index in [0.717, 1.165) is 54.2 Å². The summed E-state index contributed by atoms with van der Waals surface area (Å²) in [5.41, 5.74) is 4.30. The molecule has 0 aromatic heterocycles. The molecule has 0 unspecified atom stereocenters. The normalized spacial score (nSPS) is 26.4. The van der Waals surface area contributed by atoms with E-state index in [9.17, 15) is 4.79 Å². The first kappa shape index (κ1) is 11.7. The van der Waals surface area contributed by atoms with Crippen molar-refractivity contribution in [3.8, 4) is 0 Å². The average Bonchev–Trinajstić information content (AvgIpc) is 2.74. The molecule has 0 aromatic carbocycles. The first-order valence-corrected chi connectivity index (χ1v) is 6.44. The van der Waals surface area contributed by atoms with Gasteiger partial charge in [0.1, 0.15) is 5.66 Å². The molecule has 2 heterocycles. The summed E-state index contributed by atoms with van der Waals surface area (Å²) in [5, 5.41) is 3.48. The minimum absolute atomic E-state index is 0.137. The van der Waals surface area contributed by atoms with Crippen LogP contribution < -0.4 is 5.32 Å². The van der Waals surface area contributed by atoms with E-state index in [1.165, 1.54) is 0 Å². The minimum atomic E-state index is -0.240. The van der Waals surface area contributed by atoms with Crippen molar-refractivity contribution in [1.82, 2.24) is 5.32 Å². The second-order valence-electron chi connectivity index (χ2n) is 5.31. The Morgan fingerprint density at radius 1 is 1.11 bits per heavy atom. The van der Waals surface area contributed by atoms with Crippen molar-refractivity contribution in [2.45, 2.75) is 39.3 Å². The molecule has 4 heteroatoms. The standard InChI is InChI=1S/C14H18N2O2/c1-8-9(2)13(17)10(3)12-11(8)15-14(16-12)4-6-18-7-5-14/h16H,4-7H2,1-3H3. The van der Waals surface area contributed by atoms with E-state index in [-0.39, 0.29) is 11.4 Å². The van der Waals surface area contributed by atoms with Gasteiger partial charge in [-0.1, -0.05) is 0 Å². The number of nitrogens with zero attached hydrogens (tertiary/aromatic N) is 1. The van der Waals surface area contributed by atoms with E-state index >= 15 is 0 Å². The lowest BCUT2D eigenvalue weighted by Gasteiger charge is -2.31. The smallest absolute Gasteiger partial charge is 0.186 e. The van der Waals surface area contributed by atoms with Gasteiger partial charge in [0.05, 0.1) is 24.6 Å². The molecule has 0 saturated carbocycles. The molecular formula is C14H18N2O2. The van der Waals surface area contributed by atoms with Crippen molar-refractivity contribution < 1.29 is 9.53 Å². The molecule has 0 amide bonds. The van der Waals surface area contributed by atoms with Crippen LogP contribution in [0.2, 0.25) is 0 Å². The Balaban J connectivity index is 2.08. The summed E-state index contributed by atoms with van der Waals surface area (Å²) in [5.74, 6) is 0.137. The molecule has 3 rings (SSSR count). The van der Waals surface area contributed by atoms with Gasteiger partial charge in [0.2, 0.25) is 0 Å². The molecule has 96 valence electrons. The van der Waals surface area contributed by atoms with Crippen molar-refractivity contribution in [2.24, 2.45) is 4.99 Å². The fraction of sp³-hybridized carbons (Fsp3) is 0.571. The highest BCUT2D eigenvalue weighted by atomic mass is 16.5. The molecule has 0 aromatic rings. The van der Waals surface area contributed by atoms with E-state index in [2.05, 4.69) is 5.32 Å². The lowest BCUT2D eigenvalue weighted by molar-refractivity contribution is -0.112. The third-order valence-corrected chi connectivity index (χ3v) is 4.21. The van der Waals surface area contributed by atoms with Gasteiger partial charge in [0.15, 0.2) is 5.78 Å². The van der Waals surface area contributed by atoms with Crippen LogP contribution in [0, 0.1) is 0 Å². The number of allylic oxidation sites excluding steroid dienone is 3. The quantitative estimate of drug-likeness (QED) is 0.662. The zero-order valence-corrected chi connectivity index (χ0v) is 11.1. The number of hydrogen-bond donors (Lipinski definition) is 1. The first-order chi connectivity index (χ1) is 8.54. The monoisotopic (exact) mass is 246 g/mol. The highest BCUT2D eigenvalue weighted by Gasteiger charge is 2.42. The summed E-state index contributed by atoms with van der Waals surface area (Å²) in [7, 11) is 0. The number of hydrogen-bond acceptors (Lipinski definition) is 4. The molecule has 2 aliphatic heterocycles. The molecule has 1 fully saturated rings. The van der Waals surface area contributed by atoms with Gasteiger partial charge in [0.25, 0.3) is 0 Å². The Hall–Kier alpha value is -1.42. The summed E-state index contributed by atoms with van der Waals surface area (Å²) < 4.78 is 5.40. The lowest BCUT2D eigenvalue weighted by Crippen LogP contribution is -2.44. The Bertz CT molecular complexity index is 520. The van der Waals surface area contributed by atoms with Crippen LogP contribution in [0.4, 0.5) is 0 Å². The summed E-state index contributed by atoms with van der Waals surface area (Å²) in [6.45, 7) is 7.21. The average molecular weight is 246 g/mol. The van der Waals surface area contributed by atoms with E-state index < -0.39 is 0 Å². The molecule has 1 aliphatic carbocycles. The van der Waals surface area contributed by atoms with Crippen LogP contribution in [0.3, 0.4) is 0 Å². The zero-order valence-electron chi connectivity index (χ0n) is 11.1. The van der Waals surface area contributed by atoms with Gasteiger partial charge in [-0.15, -0.1) is 0 Å². The number of carbonyl (C=O) groups is 1. The van der Waals surface area contributed by atoms with E-state index in [4.69, 9.17) is 9.73 Å². The van der Waals surface area contributed by atoms with Crippen molar-refractivity contribution in [3.63, 3.8) is 0 Å². The molecule has 0 radical (unpaired) electrons. The summed E-state index contributed by atoms with van der Waals surface area (Å²) in [6.07, 6.45) is 1.74.